The van der Waals surface area contributed by atoms with E-state index in [1.807, 2.05) is 0 Å². The third kappa shape index (κ3) is 3.54. The van der Waals surface area contributed by atoms with Crippen LogP contribution in [0.5, 0.6) is 0 Å². The highest BCUT2D eigenvalue weighted by Gasteiger charge is 2.36. The molecule has 0 bridgehead atoms. The van der Waals surface area contributed by atoms with Gasteiger partial charge in [-0.25, -0.2) is 0 Å². The first kappa shape index (κ1) is 13.1. The molecule has 1 fully saturated rings. The minimum atomic E-state index is -0.477. The van der Waals surface area contributed by atoms with Gasteiger partial charge < -0.3 is 10.6 Å². The van der Waals surface area contributed by atoms with Crippen molar-refractivity contribution in [2.45, 2.75) is 20.3 Å². The van der Waals surface area contributed by atoms with Crippen molar-refractivity contribution in [1.29, 1.82) is 0 Å². The molecule has 4 amide bonds. The fraction of sp³-hybridized carbons (Fsp3) is 0.600. The number of nitrogens with one attached hydrogen (secondary N) is 2. The lowest BCUT2D eigenvalue weighted by molar-refractivity contribution is -0.143. The molecule has 0 aromatic heterocycles. The molecule has 1 saturated heterocycles. The third-order valence-corrected chi connectivity index (χ3v) is 2.39. The summed E-state index contributed by atoms with van der Waals surface area (Å²) in [5, 5.41) is 4.75. The van der Waals surface area contributed by atoms with Crippen LogP contribution in [0.4, 0.5) is 0 Å². The normalized spacial score (nSPS) is 19.4. The highest BCUT2D eigenvalue weighted by atomic mass is 16.2. The minimum absolute atomic E-state index is 0.0139. The van der Waals surface area contributed by atoms with Crippen molar-refractivity contribution in [2.24, 2.45) is 5.92 Å². The van der Waals surface area contributed by atoms with Gasteiger partial charge in [0.2, 0.25) is 23.6 Å². The zero-order chi connectivity index (χ0) is 13.0. The summed E-state index contributed by atoms with van der Waals surface area (Å²) in [6.45, 7) is 2.67. The lowest BCUT2D eigenvalue weighted by Gasteiger charge is -2.14. The Hall–Kier alpha value is -1.92. The number of rotatable bonds is 4. The molecule has 1 heterocycles. The second kappa shape index (κ2) is 5.42. The van der Waals surface area contributed by atoms with E-state index in [0.29, 0.717) is 0 Å². The molecule has 0 aromatic rings. The van der Waals surface area contributed by atoms with Gasteiger partial charge >= 0.3 is 0 Å². The number of nitrogens with zero attached hydrogens (tertiary/aromatic N) is 1. The van der Waals surface area contributed by atoms with Crippen molar-refractivity contribution in [3.63, 3.8) is 0 Å². The van der Waals surface area contributed by atoms with E-state index < -0.39 is 5.91 Å². The standard InChI is InChI=1S/C10H15N3O4/c1-6-3-9(16)13(10(6)17)4-8(15)12-5-11-7(2)14/h6H,3-5H2,1-2H3,(H,11,14)(H,12,15). The Kier molecular flexibility index (Phi) is 4.19. The number of carbonyl (C=O) groups is 4. The van der Waals surface area contributed by atoms with Crippen molar-refractivity contribution >= 4 is 23.6 Å². The lowest BCUT2D eigenvalue weighted by Crippen LogP contribution is -2.44. The molecule has 1 aliphatic rings. The van der Waals surface area contributed by atoms with Crippen LogP contribution in [-0.2, 0) is 19.2 Å². The first-order chi connectivity index (χ1) is 7.91. The summed E-state index contributed by atoms with van der Waals surface area (Å²) in [7, 11) is 0. The number of hydrogen-bond acceptors (Lipinski definition) is 4. The van der Waals surface area contributed by atoms with Gasteiger partial charge in [0.25, 0.3) is 0 Å². The maximum atomic E-state index is 11.5. The molecular formula is C10H15N3O4. The van der Waals surface area contributed by atoms with Crippen LogP contribution in [0.25, 0.3) is 0 Å². The van der Waals surface area contributed by atoms with Gasteiger partial charge in [0.05, 0.1) is 6.67 Å². The number of likely N-dealkylation sites (tertiary alicyclic amines) is 1. The van der Waals surface area contributed by atoms with Crippen LogP contribution in [0.3, 0.4) is 0 Å². The van der Waals surface area contributed by atoms with Crippen LogP contribution >= 0.6 is 0 Å². The summed E-state index contributed by atoms with van der Waals surface area (Å²) in [6, 6.07) is 0. The van der Waals surface area contributed by atoms with Crippen molar-refractivity contribution < 1.29 is 19.2 Å². The molecule has 0 spiro atoms. The van der Waals surface area contributed by atoms with Gasteiger partial charge in [-0.1, -0.05) is 6.92 Å². The van der Waals surface area contributed by atoms with E-state index >= 15 is 0 Å². The Morgan fingerprint density at radius 1 is 1.35 bits per heavy atom. The molecule has 94 valence electrons. The van der Waals surface area contributed by atoms with Gasteiger partial charge in [-0.15, -0.1) is 0 Å². The van der Waals surface area contributed by atoms with E-state index in [1.165, 1.54) is 6.92 Å². The van der Waals surface area contributed by atoms with Crippen molar-refractivity contribution in [3.8, 4) is 0 Å². The van der Waals surface area contributed by atoms with Crippen LogP contribution in [0.15, 0.2) is 0 Å². The molecule has 17 heavy (non-hydrogen) atoms. The Labute approximate surface area is 98.5 Å². The molecule has 1 atom stereocenters. The molecule has 7 nitrogen and oxygen atoms in total. The summed E-state index contributed by atoms with van der Waals surface area (Å²) in [4.78, 5) is 45.7. The minimum Gasteiger partial charge on any atom is -0.339 e. The average molecular weight is 241 g/mol. The van der Waals surface area contributed by atoms with Crippen LogP contribution in [-0.4, -0.2) is 41.7 Å². The van der Waals surface area contributed by atoms with Crippen LogP contribution in [0.1, 0.15) is 20.3 Å². The smallest absolute Gasteiger partial charge is 0.241 e. The van der Waals surface area contributed by atoms with Crippen LogP contribution in [0, 0.1) is 5.92 Å². The number of carbonyl (C=O) groups excluding carboxylic acids is 4. The van der Waals surface area contributed by atoms with E-state index in [1.54, 1.807) is 6.92 Å². The fourth-order valence-electron chi connectivity index (χ4n) is 1.48. The summed E-state index contributed by atoms with van der Waals surface area (Å²) < 4.78 is 0. The molecule has 1 unspecified atom stereocenters. The first-order valence-corrected chi connectivity index (χ1v) is 5.27. The SMILES string of the molecule is CC(=O)NCNC(=O)CN1C(=O)CC(C)C1=O. The largest absolute Gasteiger partial charge is 0.339 e. The monoisotopic (exact) mass is 241 g/mol. The van der Waals surface area contributed by atoms with Gasteiger partial charge in [-0.3, -0.25) is 24.1 Å². The Bertz CT molecular complexity index is 367. The second-order valence-electron chi connectivity index (χ2n) is 3.93. The third-order valence-electron chi connectivity index (χ3n) is 2.39. The topological polar surface area (TPSA) is 95.6 Å². The molecule has 1 aliphatic heterocycles. The van der Waals surface area contributed by atoms with E-state index in [2.05, 4.69) is 10.6 Å². The van der Waals surface area contributed by atoms with E-state index in [-0.39, 0.29) is 43.3 Å². The Balaban J connectivity index is 2.38. The molecule has 0 aliphatic carbocycles. The van der Waals surface area contributed by atoms with E-state index in [4.69, 9.17) is 0 Å². The summed E-state index contributed by atoms with van der Waals surface area (Å²) >= 11 is 0. The first-order valence-electron chi connectivity index (χ1n) is 5.27. The maximum absolute atomic E-state index is 11.5. The fourth-order valence-corrected chi connectivity index (χ4v) is 1.48. The molecule has 0 saturated carbocycles. The number of imide groups is 1. The van der Waals surface area contributed by atoms with Gasteiger partial charge in [0.1, 0.15) is 6.54 Å². The highest BCUT2D eigenvalue weighted by Crippen LogP contribution is 2.17. The van der Waals surface area contributed by atoms with Gasteiger partial charge in [-0.2, -0.15) is 0 Å². The molecular weight excluding hydrogens is 226 g/mol. The summed E-state index contributed by atoms with van der Waals surface area (Å²) in [6.07, 6.45) is 0.151. The average Bonchev–Trinajstić information content (AvgIpc) is 2.44. The summed E-state index contributed by atoms with van der Waals surface area (Å²) in [5.74, 6) is -1.77. The van der Waals surface area contributed by atoms with E-state index in [0.717, 1.165) is 4.90 Å². The quantitative estimate of drug-likeness (QED) is 0.467. The Morgan fingerprint density at radius 3 is 2.47 bits per heavy atom. The van der Waals surface area contributed by atoms with Gasteiger partial charge in [0, 0.05) is 19.3 Å². The van der Waals surface area contributed by atoms with Gasteiger partial charge in [0.15, 0.2) is 0 Å². The zero-order valence-corrected chi connectivity index (χ0v) is 9.78. The molecule has 0 radical (unpaired) electrons. The molecule has 0 aromatic carbocycles. The Morgan fingerprint density at radius 2 is 2.00 bits per heavy atom. The summed E-state index contributed by atoms with van der Waals surface area (Å²) in [5.41, 5.74) is 0. The highest BCUT2D eigenvalue weighted by molar-refractivity contribution is 6.05. The molecule has 7 heteroatoms. The predicted octanol–water partition coefficient (Wildman–Crippen LogP) is -1.41. The second-order valence-corrected chi connectivity index (χ2v) is 3.93. The van der Waals surface area contributed by atoms with Crippen LogP contribution in [0.2, 0.25) is 0 Å². The number of hydrogen-bond donors (Lipinski definition) is 2. The molecule has 2 N–H and O–H groups in total. The van der Waals surface area contributed by atoms with Crippen LogP contribution < -0.4 is 10.6 Å². The zero-order valence-electron chi connectivity index (χ0n) is 9.78. The van der Waals surface area contributed by atoms with Gasteiger partial charge in [-0.05, 0) is 0 Å². The van der Waals surface area contributed by atoms with Crippen molar-refractivity contribution in [1.82, 2.24) is 15.5 Å². The van der Waals surface area contributed by atoms with Crippen molar-refractivity contribution in [3.05, 3.63) is 0 Å². The molecule has 1 rings (SSSR count). The predicted molar refractivity (Wildman–Crippen MR) is 57.3 cm³/mol. The lowest BCUT2D eigenvalue weighted by atomic mass is 10.1. The van der Waals surface area contributed by atoms with E-state index in [9.17, 15) is 19.2 Å². The van der Waals surface area contributed by atoms with Crippen molar-refractivity contribution in [2.75, 3.05) is 13.2 Å². The maximum Gasteiger partial charge on any atom is 0.241 e. The number of amides is 4.